The average Bonchev–Trinajstić information content (AvgIpc) is 3.10. The van der Waals surface area contributed by atoms with Crippen molar-refractivity contribution in [1.82, 2.24) is 35.0 Å². The third kappa shape index (κ3) is 6.04. The molecule has 0 bridgehead atoms. The number of anilines is 1. The molecule has 0 aliphatic carbocycles. The zero-order valence-corrected chi connectivity index (χ0v) is 18.3. The number of fused-ring (bicyclic) bond motifs is 1. The molecular weight excluding hydrogens is 408 g/mol. The number of rotatable bonds is 10. The van der Waals surface area contributed by atoms with Gasteiger partial charge in [-0.1, -0.05) is 30.4 Å². The molecule has 3 aromatic rings. The van der Waals surface area contributed by atoms with E-state index in [4.69, 9.17) is 0 Å². The first-order valence-corrected chi connectivity index (χ1v) is 11.3. The second-order valence-corrected chi connectivity index (χ2v) is 8.54. The van der Waals surface area contributed by atoms with Gasteiger partial charge in [0.25, 0.3) is 0 Å². The van der Waals surface area contributed by atoms with E-state index in [9.17, 15) is 4.79 Å². The smallest absolute Gasteiger partial charge is 0.230 e. The van der Waals surface area contributed by atoms with Crippen molar-refractivity contribution in [3.05, 3.63) is 24.7 Å². The monoisotopic (exact) mass is 432 g/mol. The maximum Gasteiger partial charge on any atom is 0.230 e. The summed E-state index contributed by atoms with van der Waals surface area (Å²) in [6.07, 6.45) is 5.08. The highest BCUT2D eigenvalue weighted by molar-refractivity contribution is 7.99. The number of carbonyl (C=O) groups is 1. The topological polar surface area (TPSA) is 111 Å². The minimum absolute atomic E-state index is 0.0714. The third-order valence-electron chi connectivity index (χ3n) is 3.69. The van der Waals surface area contributed by atoms with Crippen LogP contribution in [-0.4, -0.2) is 59.7 Å². The van der Waals surface area contributed by atoms with Crippen LogP contribution >= 0.6 is 23.5 Å². The summed E-state index contributed by atoms with van der Waals surface area (Å²) in [4.78, 5) is 29.5. The molecular formula is C18H24N8OS2. The highest BCUT2D eigenvalue weighted by Gasteiger charge is 2.14. The maximum atomic E-state index is 12.1. The quantitative estimate of drug-likeness (QED) is 0.369. The van der Waals surface area contributed by atoms with E-state index < -0.39 is 0 Å². The first-order valence-electron chi connectivity index (χ1n) is 9.36. The van der Waals surface area contributed by atoms with Gasteiger partial charge in [-0.05, 0) is 25.7 Å². The van der Waals surface area contributed by atoms with Gasteiger partial charge >= 0.3 is 0 Å². The van der Waals surface area contributed by atoms with E-state index in [1.807, 2.05) is 0 Å². The van der Waals surface area contributed by atoms with Gasteiger partial charge in [0.05, 0.1) is 23.9 Å². The van der Waals surface area contributed by atoms with Crippen LogP contribution in [0.25, 0.3) is 11.0 Å². The van der Waals surface area contributed by atoms with Crippen LogP contribution in [0, 0.1) is 0 Å². The second kappa shape index (κ2) is 10.4. The Kier molecular flexibility index (Phi) is 7.64. The van der Waals surface area contributed by atoms with Crippen molar-refractivity contribution in [1.29, 1.82) is 0 Å². The predicted octanol–water partition coefficient (Wildman–Crippen LogP) is 2.46. The molecule has 154 valence electrons. The molecule has 0 aliphatic rings. The number of hydrogen-bond donors (Lipinski definition) is 2. The number of carbonyl (C=O) groups excluding carboxylic acids is 1. The highest BCUT2D eigenvalue weighted by atomic mass is 32.2. The van der Waals surface area contributed by atoms with Crippen LogP contribution < -0.4 is 10.6 Å². The van der Waals surface area contributed by atoms with Gasteiger partial charge in [-0.3, -0.25) is 4.79 Å². The van der Waals surface area contributed by atoms with Crippen molar-refractivity contribution >= 4 is 46.3 Å². The van der Waals surface area contributed by atoms with Crippen LogP contribution in [0.5, 0.6) is 0 Å². The molecule has 0 saturated carbocycles. The molecule has 2 N–H and O–H groups in total. The van der Waals surface area contributed by atoms with E-state index in [-0.39, 0.29) is 17.7 Å². The number of thioether (sulfide) groups is 2. The van der Waals surface area contributed by atoms with Crippen molar-refractivity contribution in [2.45, 2.75) is 43.7 Å². The lowest BCUT2D eigenvalue weighted by Crippen LogP contribution is -2.29. The van der Waals surface area contributed by atoms with E-state index in [1.165, 1.54) is 11.8 Å². The van der Waals surface area contributed by atoms with Gasteiger partial charge in [0.2, 0.25) is 5.91 Å². The molecule has 3 aromatic heterocycles. The van der Waals surface area contributed by atoms with Gasteiger partial charge in [0.15, 0.2) is 16.0 Å². The van der Waals surface area contributed by atoms with Crippen LogP contribution in [0.1, 0.15) is 20.8 Å². The fourth-order valence-electron chi connectivity index (χ4n) is 2.52. The van der Waals surface area contributed by atoms with Crippen LogP contribution in [0.3, 0.4) is 0 Å². The largest absolute Gasteiger partial charge is 0.367 e. The molecule has 0 spiro atoms. The average molecular weight is 433 g/mol. The highest BCUT2D eigenvalue weighted by Crippen LogP contribution is 2.24. The molecule has 9 nitrogen and oxygen atoms in total. The Labute approximate surface area is 177 Å². The van der Waals surface area contributed by atoms with E-state index in [1.54, 1.807) is 41.1 Å². The normalized spacial score (nSPS) is 11.2. The molecule has 0 aliphatic heterocycles. The van der Waals surface area contributed by atoms with Gasteiger partial charge < -0.3 is 10.6 Å². The number of amides is 1. The zero-order chi connectivity index (χ0) is 20.6. The van der Waals surface area contributed by atoms with Crippen LogP contribution in [-0.2, 0) is 11.3 Å². The molecule has 0 radical (unpaired) electrons. The Hall–Kier alpha value is -2.40. The van der Waals surface area contributed by atoms with Gasteiger partial charge in [-0.15, -0.1) is 0 Å². The molecule has 29 heavy (non-hydrogen) atoms. The Morgan fingerprint density at radius 2 is 1.97 bits per heavy atom. The van der Waals surface area contributed by atoms with Crippen LogP contribution in [0.2, 0.25) is 0 Å². The lowest BCUT2D eigenvalue weighted by atomic mass is 10.3. The van der Waals surface area contributed by atoms with Gasteiger partial charge in [-0.25, -0.2) is 24.6 Å². The summed E-state index contributed by atoms with van der Waals surface area (Å²) in [6.45, 7) is 7.19. The molecule has 0 unspecified atom stereocenters. The van der Waals surface area contributed by atoms with E-state index in [0.717, 1.165) is 22.6 Å². The van der Waals surface area contributed by atoms with Crippen molar-refractivity contribution in [2.75, 3.05) is 23.4 Å². The van der Waals surface area contributed by atoms with Crippen molar-refractivity contribution in [2.24, 2.45) is 0 Å². The van der Waals surface area contributed by atoms with Crippen LogP contribution in [0.15, 0.2) is 35.0 Å². The Morgan fingerprint density at radius 1 is 1.17 bits per heavy atom. The minimum atomic E-state index is -0.0714. The Morgan fingerprint density at radius 3 is 2.69 bits per heavy atom. The number of aromatic nitrogens is 6. The van der Waals surface area contributed by atoms with Gasteiger partial charge in [0.1, 0.15) is 5.82 Å². The minimum Gasteiger partial charge on any atom is -0.367 e. The molecule has 0 fully saturated rings. The summed E-state index contributed by atoms with van der Waals surface area (Å²) < 4.78 is 1.80. The third-order valence-corrected chi connectivity index (χ3v) is 5.30. The Balaban J connectivity index is 1.62. The van der Waals surface area contributed by atoms with E-state index in [2.05, 4.69) is 56.4 Å². The first kappa shape index (κ1) is 21.3. The zero-order valence-electron chi connectivity index (χ0n) is 16.6. The van der Waals surface area contributed by atoms with E-state index in [0.29, 0.717) is 23.4 Å². The molecule has 0 aromatic carbocycles. The molecule has 1 amide bonds. The number of nitrogens with one attached hydrogen (secondary N) is 2. The number of nitrogens with zero attached hydrogens (tertiary/aromatic N) is 6. The standard InChI is InChI=1S/C18H24N8OS2/c1-4-28-18-24-15(23-12(2)3)13-10-22-26(16(13)25-18)9-8-19-14(27)11-29-17-20-6-5-7-21-17/h5-7,10,12H,4,8-9,11H2,1-3H3,(H,19,27)(H,23,24,25). The molecule has 3 rings (SSSR count). The Bertz CT molecular complexity index is 948. The van der Waals surface area contributed by atoms with Crippen molar-refractivity contribution in [3.8, 4) is 0 Å². The van der Waals surface area contributed by atoms with E-state index >= 15 is 0 Å². The summed E-state index contributed by atoms with van der Waals surface area (Å²) >= 11 is 2.89. The summed E-state index contributed by atoms with van der Waals surface area (Å²) in [7, 11) is 0. The SMILES string of the molecule is CCSc1nc(NC(C)C)c2cnn(CCNC(=O)CSc3ncccn3)c2n1. The summed E-state index contributed by atoms with van der Waals surface area (Å²) in [5.74, 6) is 1.87. The molecule has 0 saturated heterocycles. The fraction of sp³-hybridized carbons (Fsp3) is 0.444. The molecule has 3 heterocycles. The maximum absolute atomic E-state index is 12.1. The summed E-state index contributed by atoms with van der Waals surface area (Å²) in [5, 5.41) is 12.9. The molecule has 11 heteroatoms. The second-order valence-electron chi connectivity index (χ2n) is 6.36. The van der Waals surface area contributed by atoms with Crippen molar-refractivity contribution in [3.63, 3.8) is 0 Å². The molecule has 0 atom stereocenters. The summed E-state index contributed by atoms with van der Waals surface area (Å²) in [6, 6.07) is 2.00. The van der Waals surface area contributed by atoms with Gasteiger partial charge in [0, 0.05) is 25.0 Å². The predicted molar refractivity (Wildman–Crippen MR) is 116 cm³/mol. The first-order chi connectivity index (χ1) is 14.1. The lowest BCUT2D eigenvalue weighted by molar-refractivity contribution is -0.118. The lowest BCUT2D eigenvalue weighted by Gasteiger charge is -2.11. The van der Waals surface area contributed by atoms with Crippen molar-refractivity contribution < 1.29 is 4.79 Å². The van der Waals surface area contributed by atoms with Gasteiger partial charge in [-0.2, -0.15) is 5.10 Å². The fourth-order valence-corrected chi connectivity index (χ4v) is 3.72. The number of hydrogen-bond acceptors (Lipinski definition) is 9. The summed E-state index contributed by atoms with van der Waals surface area (Å²) in [5.41, 5.74) is 0.764. The van der Waals surface area contributed by atoms with Crippen LogP contribution in [0.4, 0.5) is 5.82 Å².